The molecule has 29 heavy (non-hydrogen) atoms. The van der Waals surface area contributed by atoms with E-state index in [1.807, 2.05) is 6.07 Å². The van der Waals surface area contributed by atoms with Crippen LogP contribution in [-0.4, -0.2) is 72.9 Å². The number of aromatic nitrogens is 3. The lowest BCUT2D eigenvalue weighted by Gasteiger charge is -2.39. The van der Waals surface area contributed by atoms with Gasteiger partial charge in [-0.15, -0.1) is 5.10 Å². The second-order valence-electron chi connectivity index (χ2n) is 6.56. The third kappa shape index (κ3) is 3.80. The van der Waals surface area contributed by atoms with Gasteiger partial charge in [-0.1, -0.05) is 17.9 Å². The summed E-state index contributed by atoms with van der Waals surface area (Å²) in [6.45, 7) is -0.547. The van der Waals surface area contributed by atoms with Gasteiger partial charge in [-0.25, -0.2) is 0 Å². The van der Waals surface area contributed by atoms with E-state index in [0.29, 0.717) is 16.5 Å². The first-order valence-electron chi connectivity index (χ1n) is 8.95. The van der Waals surface area contributed by atoms with Gasteiger partial charge in [0, 0.05) is 23.5 Å². The Kier molecular flexibility index (Phi) is 5.44. The van der Waals surface area contributed by atoms with E-state index in [9.17, 15) is 20.4 Å². The molecule has 0 spiro atoms. The van der Waals surface area contributed by atoms with Crippen LogP contribution >= 0.6 is 0 Å². The van der Waals surface area contributed by atoms with Gasteiger partial charge >= 0.3 is 0 Å². The minimum atomic E-state index is -1.54. The third-order valence-electron chi connectivity index (χ3n) is 4.65. The fraction of sp³-hybridized carbons (Fsp3) is 0.300. The van der Waals surface area contributed by atoms with Gasteiger partial charge in [0.1, 0.15) is 24.4 Å². The molecule has 3 heterocycles. The van der Waals surface area contributed by atoms with E-state index < -0.39 is 37.3 Å². The fourth-order valence-electron chi connectivity index (χ4n) is 3.08. The van der Waals surface area contributed by atoms with Crippen LogP contribution in [0.2, 0.25) is 0 Å². The molecule has 0 unspecified atom stereocenters. The van der Waals surface area contributed by atoms with Crippen LogP contribution in [0.1, 0.15) is 11.1 Å². The number of hydrogen-bond donors (Lipinski definition) is 5. The number of aliphatic hydroxyl groups is 4. The Labute approximate surface area is 165 Å². The highest BCUT2D eigenvalue weighted by Crippen LogP contribution is 2.30. The summed E-state index contributed by atoms with van der Waals surface area (Å²) in [5, 5.41) is 46.9. The predicted octanol–water partition coefficient (Wildman–Crippen LogP) is -0.464. The van der Waals surface area contributed by atoms with Crippen molar-refractivity contribution in [2.24, 2.45) is 0 Å². The Morgan fingerprint density at radius 1 is 1.03 bits per heavy atom. The summed E-state index contributed by atoms with van der Waals surface area (Å²) >= 11 is 0. The molecule has 1 fully saturated rings. The monoisotopic (exact) mass is 397 g/mol. The maximum Gasteiger partial charge on any atom is 0.244 e. The average Bonchev–Trinajstić information content (AvgIpc) is 3.17. The lowest BCUT2D eigenvalue weighted by molar-refractivity contribution is -0.277. The van der Waals surface area contributed by atoms with E-state index in [2.05, 4.69) is 27.0 Å². The van der Waals surface area contributed by atoms with Gasteiger partial charge in [-0.05, 0) is 24.3 Å². The number of ether oxygens (including phenoxy) is 2. The van der Waals surface area contributed by atoms with E-state index >= 15 is 0 Å². The van der Waals surface area contributed by atoms with Crippen molar-refractivity contribution in [3.05, 3.63) is 53.9 Å². The smallest absolute Gasteiger partial charge is 0.244 e. The Hall–Kier alpha value is -3.00. The molecule has 0 saturated carbocycles. The highest BCUT2D eigenvalue weighted by Gasteiger charge is 2.45. The quantitative estimate of drug-likeness (QED) is 0.374. The van der Waals surface area contributed by atoms with Crippen LogP contribution in [0.4, 0.5) is 0 Å². The van der Waals surface area contributed by atoms with Crippen LogP contribution < -0.4 is 4.74 Å². The summed E-state index contributed by atoms with van der Waals surface area (Å²) in [5.41, 5.74) is 2.08. The first-order valence-corrected chi connectivity index (χ1v) is 8.95. The Morgan fingerprint density at radius 2 is 1.83 bits per heavy atom. The lowest BCUT2D eigenvalue weighted by atomic mass is 9.99. The number of nitrogens with one attached hydrogen (secondary N) is 1. The van der Waals surface area contributed by atoms with Gasteiger partial charge in [0.25, 0.3) is 0 Å². The largest absolute Gasteiger partial charge is 0.443 e. The van der Waals surface area contributed by atoms with Gasteiger partial charge < -0.3 is 29.9 Å². The SMILES string of the molecule is OC[C@H]1O[C@@H](Oc2n[nH]c3cccc(C#Cc4ccncc4)c23)[C@H](O)[C@@H](O)[C@@H]1O. The number of aromatic amines is 1. The molecule has 0 aliphatic carbocycles. The van der Waals surface area contributed by atoms with Gasteiger partial charge in [-0.2, -0.15) is 0 Å². The molecule has 0 radical (unpaired) electrons. The Morgan fingerprint density at radius 3 is 2.59 bits per heavy atom. The van der Waals surface area contributed by atoms with Crippen LogP contribution in [0, 0.1) is 11.8 Å². The number of pyridine rings is 1. The number of fused-ring (bicyclic) bond motifs is 1. The van der Waals surface area contributed by atoms with Crippen molar-refractivity contribution in [3.8, 4) is 17.7 Å². The zero-order valence-electron chi connectivity index (χ0n) is 15.1. The standard InChI is InChI=1S/C20H19N3O6/c24-10-14-16(25)17(26)18(27)20(28-14)29-19-15-12(2-1-3-13(15)22-23-19)5-4-11-6-8-21-9-7-11/h1-3,6-9,14,16-18,20,24-27H,10H2,(H,22,23)/t14-,16-,17+,18-,20+/m1/s1. The maximum absolute atomic E-state index is 10.2. The molecule has 5 N–H and O–H groups in total. The van der Waals surface area contributed by atoms with Crippen LogP contribution in [0.25, 0.3) is 10.9 Å². The molecule has 1 aromatic carbocycles. The number of aliphatic hydroxyl groups excluding tert-OH is 4. The molecule has 5 atom stereocenters. The summed E-state index contributed by atoms with van der Waals surface area (Å²) in [6, 6.07) is 8.97. The van der Waals surface area contributed by atoms with Crippen molar-refractivity contribution in [1.82, 2.24) is 15.2 Å². The van der Waals surface area contributed by atoms with Crippen molar-refractivity contribution in [2.75, 3.05) is 6.61 Å². The highest BCUT2D eigenvalue weighted by atomic mass is 16.7. The molecule has 4 rings (SSSR count). The third-order valence-corrected chi connectivity index (χ3v) is 4.65. The van der Waals surface area contributed by atoms with Gasteiger partial charge in [-0.3, -0.25) is 10.1 Å². The van der Waals surface area contributed by atoms with Crippen LogP contribution in [0.15, 0.2) is 42.7 Å². The molecule has 1 aliphatic heterocycles. The van der Waals surface area contributed by atoms with Crippen molar-refractivity contribution in [3.63, 3.8) is 0 Å². The molecular weight excluding hydrogens is 378 g/mol. The van der Waals surface area contributed by atoms with Crippen LogP contribution in [0.3, 0.4) is 0 Å². The first kappa shape index (κ1) is 19.3. The second kappa shape index (κ2) is 8.16. The van der Waals surface area contributed by atoms with Crippen molar-refractivity contribution < 1.29 is 29.9 Å². The maximum atomic E-state index is 10.2. The molecule has 150 valence electrons. The first-order chi connectivity index (χ1) is 14.1. The highest BCUT2D eigenvalue weighted by molar-refractivity contribution is 5.90. The zero-order valence-corrected chi connectivity index (χ0v) is 15.1. The number of hydrogen-bond acceptors (Lipinski definition) is 8. The summed E-state index contributed by atoms with van der Waals surface area (Å²) < 4.78 is 11.1. The molecule has 0 amide bonds. The number of H-pyrrole nitrogens is 1. The molecule has 1 aliphatic rings. The van der Waals surface area contributed by atoms with Crippen molar-refractivity contribution in [1.29, 1.82) is 0 Å². The molecule has 9 heteroatoms. The Bertz CT molecular complexity index is 1040. The van der Waals surface area contributed by atoms with Crippen molar-refractivity contribution in [2.45, 2.75) is 30.7 Å². The Balaban J connectivity index is 1.66. The number of nitrogens with zero attached hydrogens (tertiary/aromatic N) is 2. The molecule has 9 nitrogen and oxygen atoms in total. The zero-order chi connectivity index (χ0) is 20.4. The van der Waals surface area contributed by atoms with Crippen molar-refractivity contribution >= 4 is 10.9 Å². The van der Waals surface area contributed by atoms with E-state index in [1.165, 1.54) is 0 Å². The van der Waals surface area contributed by atoms with Gasteiger partial charge in [0.2, 0.25) is 12.2 Å². The molecule has 3 aromatic rings. The van der Waals surface area contributed by atoms with Gasteiger partial charge in [0.15, 0.2) is 0 Å². The lowest BCUT2D eigenvalue weighted by Crippen LogP contribution is -2.60. The van der Waals surface area contributed by atoms with E-state index in [-0.39, 0.29) is 5.88 Å². The minimum absolute atomic E-state index is 0.115. The molecular formula is C20H19N3O6. The normalized spacial score (nSPS) is 26.7. The minimum Gasteiger partial charge on any atom is -0.443 e. The van der Waals surface area contributed by atoms with E-state index in [1.54, 1.807) is 36.7 Å². The van der Waals surface area contributed by atoms with Gasteiger partial charge in [0.05, 0.1) is 17.5 Å². The molecule has 0 bridgehead atoms. The van der Waals surface area contributed by atoms with E-state index in [0.717, 1.165) is 5.56 Å². The molecule has 1 saturated heterocycles. The summed E-state index contributed by atoms with van der Waals surface area (Å²) in [5.74, 6) is 6.22. The topological polar surface area (TPSA) is 141 Å². The average molecular weight is 397 g/mol. The van der Waals surface area contributed by atoms with E-state index in [4.69, 9.17) is 9.47 Å². The summed E-state index contributed by atoms with van der Waals surface area (Å²) in [4.78, 5) is 3.96. The van der Waals surface area contributed by atoms with Crippen LogP contribution in [-0.2, 0) is 4.74 Å². The predicted molar refractivity (Wildman–Crippen MR) is 101 cm³/mol. The second-order valence-corrected chi connectivity index (χ2v) is 6.56. The summed E-state index contributed by atoms with van der Waals surface area (Å²) in [6.07, 6.45) is -3.65. The number of rotatable bonds is 3. The summed E-state index contributed by atoms with van der Waals surface area (Å²) in [7, 11) is 0. The number of benzene rings is 1. The molecule has 2 aromatic heterocycles. The fourth-order valence-corrected chi connectivity index (χ4v) is 3.08. The van der Waals surface area contributed by atoms with Crippen LogP contribution in [0.5, 0.6) is 5.88 Å².